The van der Waals surface area contributed by atoms with Crippen LogP contribution in [0.1, 0.15) is 170 Å². The summed E-state index contributed by atoms with van der Waals surface area (Å²) in [5.41, 5.74) is 17.8. The van der Waals surface area contributed by atoms with Crippen LogP contribution in [0.15, 0.2) is 0 Å². The number of rotatable bonds is 4. The molecule has 0 spiro atoms. The molecule has 2 bridgehead atoms. The summed E-state index contributed by atoms with van der Waals surface area (Å²) in [4.78, 5) is 17.2. The first-order valence-electron chi connectivity index (χ1n) is 30.8. The van der Waals surface area contributed by atoms with Gasteiger partial charge in [0.25, 0.3) is 0 Å². The number of halogens is 1. The summed E-state index contributed by atoms with van der Waals surface area (Å²) in [6, 6.07) is 4.84. The number of aliphatic hydroxyl groups excluding tert-OH is 1. The van der Waals surface area contributed by atoms with Crippen molar-refractivity contribution in [2.45, 2.75) is 253 Å². The maximum absolute atomic E-state index is 13.2. The molecule has 0 amide bonds. The Bertz CT molecular complexity index is 1430. The van der Waals surface area contributed by atoms with E-state index in [9.17, 15) is 9.50 Å². The molecule has 0 aliphatic carbocycles. The van der Waals surface area contributed by atoms with Crippen molar-refractivity contribution in [3.63, 3.8) is 0 Å². The van der Waals surface area contributed by atoms with E-state index in [-0.39, 0.29) is 29.3 Å². The van der Waals surface area contributed by atoms with Crippen molar-refractivity contribution >= 4 is 0 Å². The fraction of sp³-hybridized carbons (Fsp3) is 1.00. The van der Waals surface area contributed by atoms with Crippen LogP contribution in [0.4, 0.5) is 4.39 Å². The third-order valence-electron chi connectivity index (χ3n) is 17.6. The Balaban J connectivity index is 0.000000231. The molecular weight excluding hydrogens is 938 g/mol. The lowest BCUT2D eigenvalue weighted by Crippen LogP contribution is -2.56. The number of nitrogens with one attached hydrogen (secondary N) is 3. The van der Waals surface area contributed by atoms with Crippen LogP contribution in [0.2, 0.25) is 0 Å². The van der Waals surface area contributed by atoms with E-state index in [1.165, 1.54) is 111 Å². The molecule has 0 aromatic heterocycles. The monoisotopic (exact) mass is 1070 g/mol. The van der Waals surface area contributed by atoms with Gasteiger partial charge in [0, 0.05) is 156 Å². The number of fused-ring (bicyclic) bond motifs is 3. The number of β-amino-alcohol motifs (C(OH)–C–C–N with tert-alkyl or cyclic N) is 1. The van der Waals surface area contributed by atoms with E-state index in [0.29, 0.717) is 30.7 Å². The molecule has 446 valence electrons. The molecule has 0 saturated carbocycles. The molecule has 9 fully saturated rings. The summed E-state index contributed by atoms with van der Waals surface area (Å²) in [5, 5.41) is 19.8. The lowest BCUT2D eigenvalue weighted by Gasteiger charge is -2.43. The fourth-order valence-corrected chi connectivity index (χ4v) is 11.7. The molecule has 10 unspecified atom stereocenters. The fourth-order valence-electron chi connectivity index (χ4n) is 11.7. The minimum absolute atomic E-state index is 0.0244. The molecule has 15 heteroatoms. The first-order valence-corrected chi connectivity index (χ1v) is 30.8. The van der Waals surface area contributed by atoms with Gasteiger partial charge < -0.3 is 53.0 Å². The lowest BCUT2D eigenvalue weighted by atomic mass is 9.85. The van der Waals surface area contributed by atoms with Gasteiger partial charge in [-0.2, -0.15) is 0 Å². The van der Waals surface area contributed by atoms with E-state index in [2.05, 4.69) is 175 Å². The SMILES string of the molecule is CC(C)(C)N1CCC(N)C(F)C1.CC(C)(C)N1CCC(N)C(O)C1.CC(C)(C)N1CCNCC1.CC(C)N1CC2CNCC(C2)C1.CC(C)N1CC2NC2C1.CC(C)N1CCCC(N)CC1.CC1CCN(C(C)C)C1. The highest BCUT2D eigenvalue weighted by molar-refractivity contribution is 5.07. The normalized spacial score (nSPS) is 32.7. The van der Waals surface area contributed by atoms with Gasteiger partial charge in [-0.3, -0.25) is 19.6 Å². The topological polar surface area (TPSA) is 167 Å². The van der Waals surface area contributed by atoms with Gasteiger partial charge in [0.05, 0.1) is 6.10 Å². The lowest BCUT2D eigenvalue weighted by molar-refractivity contribution is 0.00994. The maximum Gasteiger partial charge on any atom is 0.128 e. The average molecular weight is 1070 g/mol. The van der Waals surface area contributed by atoms with Crippen molar-refractivity contribution < 1.29 is 9.50 Å². The van der Waals surface area contributed by atoms with Crippen LogP contribution in [0.3, 0.4) is 0 Å². The molecule has 9 heterocycles. The number of piperazine rings is 2. The second-order valence-corrected chi connectivity index (χ2v) is 28.5. The van der Waals surface area contributed by atoms with Crippen LogP contribution in [0, 0.1) is 17.8 Å². The van der Waals surface area contributed by atoms with Gasteiger partial charge in [-0.05, 0) is 213 Å². The smallest absolute Gasteiger partial charge is 0.128 e. The highest BCUT2D eigenvalue weighted by Gasteiger charge is 2.45. The molecule has 10 N–H and O–H groups in total. The molecular formula is C60H128FN13O. The van der Waals surface area contributed by atoms with E-state index in [0.717, 1.165) is 87.0 Å². The Labute approximate surface area is 463 Å². The van der Waals surface area contributed by atoms with Gasteiger partial charge in [-0.25, -0.2) is 4.39 Å². The molecule has 0 radical (unpaired) electrons. The second kappa shape index (κ2) is 32.7. The molecule has 14 nitrogen and oxygen atoms in total. The van der Waals surface area contributed by atoms with E-state index in [1.54, 1.807) is 0 Å². The van der Waals surface area contributed by atoms with Gasteiger partial charge in [0.15, 0.2) is 0 Å². The van der Waals surface area contributed by atoms with Crippen LogP contribution in [0.25, 0.3) is 0 Å². The van der Waals surface area contributed by atoms with Crippen LogP contribution in [-0.2, 0) is 0 Å². The second-order valence-electron chi connectivity index (χ2n) is 28.5. The van der Waals surface area contributed by atoms with Gasteiger partial charge in [0.2, 0.25) is 0 Å². The zero-order chi connectivity index (χ0) is 56.4. The Morgan fingerprint density at radius 2 is 0.947 bits per heavy atom. The Morgan fingerprint density at radius 3 is 1.35 bits per heavy atom. The zero-order valence-electron chi connectivity index (χ0n) is 52.4. The number of alkyl halides is 1. The van der Waals surface area contributed by atoms with Gasteiger partial charge in [-0.1, -0.05) is 6.92 Å². The minimum Gasteiger partial charge on any atom is -0.390 e. The molecule has 0 aromatic rings. The largest absolute Gasteiger partial charge is 0.390 e. The molecule has 9 saturated heterocycles. The molecule has 9 aliphatic rings. The third-order valence-corrected chi connectivity index (χ3v) is 17.6. The molecule has 0 aromatic carbocycles. The number of aliphatic hydroxyl groups is 1. The summed E-state index contributed by atoms with van der Waals surface area (Å²) in [6.45, 7) is 60.8. The van der Waals surface area contributed by atoms with Crippen LogP contribution >= 0.6 is 0 Å². The van der Waals surface area contributed by atoms with Crippen molar-refractivity contribution in [2.75, 3.05) is 118 Å². The number of piperidine rings is 4. The average Bonchev–Trinajstić information content (AvgIpc) is 3.79. The predicted molar refractivity (Wildman–Crippen MR) is 321 cm³/mol. The quantitative estimate of drug-likeness (QED) is 0.165. The highest BCUT2D eigenvalue weighted by Crippen LogP contribution is 2.27. The number of nitrogens with zero attached hydrogens (tertiary/aromatic N) is 7. The molecule has 9 aliphatic heterocycles. The van der Waals surface area contributed by atoms with Crippen LogP contribution < -0.4 is 33.2 Å². The van der Waals surface area contributed by atoms with Crippen molar-refractivity contribution in [1.82, 2.24) is 50.2 Å². The summed E-state index contributed by atoms with van der Waals surface area (Å²) in [6.07, 6.45) is 7.02. The van der Waals surface area contributed by atoms with Crippen molar-refractivity contribution in [2.24, 2.45) is 35.0 Å². The van der Waals surface area contributed by atoms with E-state index in [1.807, 2.05) is 0 Å². The maximum atomic E-state index is 13.2. The molecule has 10 atom stereocenters. The van der Waals surface area contributed by atoms with Crippen molar-refractivity contribution in [3.05, 3.63) is 0 Å². The van der Waals surface area contributed by atoms with E-state index >= 15 is 0 Å². The third kappa shape index (κ3) is 26.2. The summed E-state index contributed by atoms with van der Waals surface area (Å²) in [7, 11) is 0. The number of likely N-dealkylation sites (tertiary alicyclic amines) is 6. The van der Waals surface area contributed by atoms with Gasteiger partial charge in [0.1, 0.15) is 6.17 Å². The number of hydrogen-bond donors (Lipinski definition) is 7. The van der Waals surface area contributed by atoms with E-state index in [4.69, 9.17) is 17.2 Å². The van der Waals surface area contributed by atoms with Crippen molar-refractivity contribution in [3.8, 4) is 0 Å². The molecule has 75 heavy (non-hydrogen) atoms. The van der Waals surface area contributed by atoms with Gasteiger partial charge in [-0.15, -0.1) is 0 Å². The number of hydrogen-bond acceptors (Lipinski definition) is 14. The minimum atomic E-state index is -0.849. The standard InChI is InChI=1S/C10H20N2.C9H19FN2.C9H20N2O.C9H20N2.C8H18N2.C8H17N.C7H14N2/c1-8(2)12-6-9-3-10(7-12)5-11-4-9;1-9(2,3)12-5-4-8(11)7(10)6-12;1-9(2,3)11-5-4-7(10)8(12)6-11;1-8(2)11-6-3-4-9(10)5-7-11;1-8(2,3)10-6-4-9-5-7-10;1-7(2)9-5-4-8(3)6-9;1-5(2)9-3-6-7(4-9)8-6/h8-11H,3-7H2,1-2H3;7-8H,4-6,11H2,1-3H3;7-8,12H,4-6,10H2,1-3H3;8-9H,3-7,10H2,1-2H3;9H,4-7H2,1-3H3;7-8H,4-6H2,1-3H3;5-8H,3-4H2,1-2H3. The molecule has 9 rings (SSSR count). The first-order chi connectivity index (χ1) is 34.8. The predicted octanol–water partition coefficient (Wildman–Crippen LogP) is 5.96. The summed E-state index contributed by atoms with van der Waals surface area (Å²) >= 11 is 0. The first kappa shape index (κ1) is 68.6. The Morgan fingerprint density at radius 1 is 0.480 bits per heavy atom. The zero-order valence-corrected chi connectivity index (χ0v) is 52.4. The van der Waals surface area contributed by atoms with Crippen LogP contribution in [-0.4, -0.2) is 240 Å². The Hall–Kier alpha value is -0.630. The summed E-state index contributed by atoms with van der Waals surface area (Å²) in [5.74, 6) is 2.80. The van der Waals surface area contributed by atoms with Crippen LogP contribution in [0.5, 0.6) is 0 Å². The number of nitrogens with two attached hydrogens (primary N) is 3. The highest BCUT2D eigenvalue weighted by atomic mass is 19.1. The van der Waals surface area contributed by atoms with Crippen molar-refractivity contribution in [1.29, 1.82) is 0 Å². The van der Waals surface area contributed by atoms with Gasteiger partial charge >= 0.3 is 0 Å². The van der Waals surface area contributed by atoms with E-state index < -0.39 is 6.17 Å². The Kier molecular flexibility index (Phi) is 29.9. The summed E-state index contributed by atoms with van der Waals surface area (Å²) < 4.78 is 13.2.